The molecule has 0 unspecified atom stereocenters. The van der Waals surface area contributed by atoms with Crippen LogP contribution in [0.2, 0.25) is 0 Å². The molecule has 0 aliphatic rings. The summed E-state index contributed by atoms with van der Waals surface area (Å²) >= 11 is 3.74. The van der Waals surface area contributed by atoms with Crippen molar-refractivity contribution in [1.29, 1.82) is 0 Å². The molecule has 4 heteroatoms. The molecule has 0 radical (unpaired) electrons. The van der Waals surface area contributed by atoms with Gasteiger partial charge in [0.25, 0.3) is 0 Å². The third kappa shape index (κ3) is 4.42. The summed E-state index contributed by atoms with van der Waals surface area (Å²) < 4.78 is 7.62. The molecular weight excluding hydrogens is 669 g/mol. The number of nitrogens with zero attached hydrogens (tertiary/aromatic N) is 2. The van der Waals surface area contributed by atoms with Gasteiger partial charge in [0, 0.05) is 57.7 Å². The molecule has 0 saturated carbocycles. The predicted molar refractivity (Wildman–Crippen MR) is 227 cm³/mol. The highest BCUT2D eigenvalue weighted by Crippen LogP contribution is 2.50. The summed E-state index contributed by atoms with van der Waals surface area (Å²) in [5.74, 6) is 0. The van der Waals surface area contributed by atoms with Crippen LogP contribution in [-0.2, 0) is 0 Å². The maximum atomic E-state index is 2.53. The van der Waals surface area contributed by atoms with E-state index < -0.39 is 0 Å². The van der Waals surface area contributed by atoms with Gasteiger partial charge < -0.3 is 9.47 Å². The Kier molecular flexibility index (Phi) is 6.63. The predicted octanol–water partition coefficient (Wildman–Crippen LogP) is 14.7. The Morgan fingerprint density at radius 1 is 0.385 bits per heavy atom. The van der Waals surface area contributed by atoms with Crippen LogP contribution in [-0.4, -0.2) is 4.57 Å². The highest BCUT2D eigenvalue weighted by molar-refractivity contribution is 7.26. The van der Waals surface area contributed by atoms with Crippen molar-refractivity contribution in [2.75, 3.05) is 4.90 Å². The molecule has 3 heterocycles. The normalized spacial score (nSPS) is 11.8. The van der Waals surface area contributed by atoms with E-state index in [1.54, 1.807) is 0 Å². The lowest BCUT2D eigenvalue weighted by atomic mass is 9.99. The van der Waals surface area contributed by atoms with Crippen LogP contribution in [0.25, 0.3) is 79.0 Å². The number of hydrogen-bond acceptors (Lipinski definition) is 3. The fourth-order valence-corrected chi connectivity index (χ4v) is 10.4. The Morgan fingerprint density at radius 3 is 1.85 bits per heavy atom. The molecule has 8 aromatic carbocycles. The van der Waals surface area contributed by atoms with Gasteiger partial charge in [-0.3, -0.25) is 0 Å². The summed E-state index contributed by atoms with van der Waals surface area (Å²) in [6.07, 6.45) is 0. The summed E-state index contributed by atoms with van der Waals surface area (Å²) in [4.78, 5) is 2.53. The summed E-state index contributed by atoms with van der Waals surface area (Å²) in [7, 11) is 0. The van der Waals surface area contributed by atoms with E-state index in [9.17, 15) is 0 Å². The van der Waals surface area contributed by atoms with Crippen molar-refractivity contribution in [3.8, 4) is 16.8 Å². The largest absolute Gasteiger partial charge is 0.309 e. The van der Waals surface area contributed by atoms with E-state index in [-0.39, 0.29) is 0 Å². The molecule has 0 N–H and O–H groups in total. The highest BCUT2D eigenvalue weighted by atomic mass is 32.1. The maximum absolute atomic E-state index is 2.53. The molecule has 3 aromatic heterocycles. The Labute approximate surface area is 308 Å². The van der Waals surface area contributed by atoms with Crippen LogP contribution >= 0.6 is 22.7 Å². The van der Waals surface area contributed by atoms with Crippen molar-refractivity contribution in [1.82, 2.24) is 4.57 Å². The van der Waals surface area contributed by atoms with Crippen LogP contribution in [0.4, 0.5) is 17.1 Å². The van der Waals surface area contributed by atoms with Gasteiger partial charge in [-0.2, -0.15) is 0 Å². The van der Waals surface area contributed by atoms with E-state index in [2.05, 4.69) is 191 Å². The van der Waals surface area contributed by atoms with Crippen LogP contribution < -0.4 is 4.90 Å². The third-order valence-electron chi connectivity index (χ3n) is 10.4. The number of anilines is 3. The second-order valence-corrected chi connectivity index (χ2v) is 15.4. The number of fused-ring (bicyclic) bond motifs is 9. The first-order chi connectivity index (χ1) is 25.8. The third-order valence-corrected chi connectivity index (χ3v) is 12.7. The lowest BCUT2D eigenvalue weighted by Gasteiger charge is -2.29. The van der Waals surface area contributed by atoms with Crippen molar-refractivity contribution in [2.45, 2.75) is 0 Å². The van der Waals surface area contributed by atoms with Crippen LogP contribution in [0.1, 0.15) is 0 Å². The molecular formula is C48H30N2S2. The molecule has 52 heavy (non-hydrogen) atoms. The maximum Gasteiger partial charge on any atom is 0.0640 e. The zero-order valence-corrected chi connectivity index (χ0v) is 29.7. The summed E-state index contributed by atoms with van der Waals surface area (Å²) in [5, 5.41) is 7.66. The van der Waals surface area contributed by atoms with E-state index in [1.165, 1.54) is 79.0 Å². The van der Waals surface area contributed by atoms with Gasteiger partial charge in [-0.05, 0) is 72.3 Å². The van der Waals surface area contributed by atoms with Crippen LogP contribution in [0.15, 0.2) is 182 Å². The summed E-state index contributed by atoms with van der Waals surface area (Å²) in [5.41, 5.74) is 9.41. The van der Waals surface area contributed by atoms with E-state index in [1.807, 2.05) is 22.7 Å². The quantitative estimate of drug-likeness (QED) is 0.174. The molecule has 0 saturated heterocycles. The van der Waals surface area contributed by atoms with Crippen molar-refractivity contribution in [2.24, 2.45) is 0 Å². The monoisotopic (exact) mass is 698 g/mol. The lowest BCUT2D eigenvalue weighted by molar-refractivity contribution is 1.18. The average molecular weight is 699 g/mol. The van der Waals surface area contributed by atoms with Crippen molar-refractivity contribution in [3.63, 3.8) is 0 Å². The number of para-hydroxylation sites is 3. The summed E-state index contributed by atoms with van der Waals surface area (Å²) in [6.45, 7) is 0. The first-order valence-corrected chi connectivity index (χ1v) is 19.2. The zero-order valence-electron chi connectivity index (χ0n) is 28.0. The smallest absolute Gasteiger partial charge is 0.0640 e. The van der Waals surface area contributed by atoms with Gasteiger partial charge in [0.15, 0.2) is 0 Å². The number of thiophene rings is 2. The number of benzene rings is 8. The fourth-order valence-electron chi connectivity index (χ4n) is 8.15. The lowest BCUT2D eigenvalue weighted by Crippen LogP contribution is -2.12. The minimum Gasteiger partial charge on any atom is -0.309 e. The minimum atomic E-state index is 1.15. The Morgan fingerprint density at radius 2 is 0.981 bits per heavy atom. The van der Waals surface area contributed by atoms with Gasteiger partial charge in [0.05, 0.1) is 32.8 Å². The van der Waals surface area contributed by atoms with Gasteiger partial charge in [0.2, 0.25) is 0 Å². The fraction of sp³-hybridized carbons (Fsp3) is 0. The molecule has 0 spiro atoms. The van der Waals surface area contributed by atoms with Crippen molar-refractivity contribution < 1.29 is 0 Å². The van der Waals surface area contributed by atoms with Gasteiger partial charge >= 0.3 is 0 Å². The SMILES string of the molecule is c1ccc(-n2c3ccccc3c3c(N(c4ccccc4-c4ccc5sc6ccccc6c5c4)c4cccc5c4sc4ccccc45)cccc32)cc1. The molecule has 2 nitrogen and oxygen atoms in total. The van der Waals surface area contributed by atoms with Crippen LogP contribution in [0, 0.1) is 0 Å². The molecule has 0 bridgehead atoms. The van der Waals surface area contributed by atoms with E-state index in [0.29, 0.717) is 0 Å². The highest BCUT2D eigenvalue weighted by Gasteiger charge is 2.25. The zero-order chi connectivity index (χ0) is 34.2. The molecule has 11 aromatic rings. The second kappa shape index (κ2) is 11.7. The van der Waals surface area contributed by atoms with E-state index >= 15 is 0 Å². The standard InChI is InChI=1S/C48H30N2S2/c1-2-14-32(15-3-1)49-40-22-9-5-19-37(40)47-41(49)23-13-24-42(47)50(43-25-12-20-36-34-17-6-11-27-45(34)52-48(36)43)39-21-8-4-16-33(39)31-28-29-46-38(30-31)35-18-7-10-26-44(35)51-46/h1-30H. The average Bonchev–Trinajstić information content (AvgIpc) is 3.89. The van der Waals surface area contributed by atoms with E-state index in [0.717, 1.165) is 17.1 Å². The molecule has 0 fully saturated rings. The minimum absolute atomic E-state index is 1.15. The second-order valence-electron chi connectivity index (χ2n) is 13.3. The van der Waals surface area contributed by atoms with Gasteiger partial charge in [0.1, 0.15) is 0 Å². The van der Waals surface area contributed by atoms with Gasteiger partial charge in [-0.1, -0.05) is 115 Å². The first-order valence-electron chi connectivity index (χ1n) is 17.6. The van der Waals surface area contributed by atoms with Crippen molar-refractivity contribution >= 4 is 102 Å². The molecule has 244 valence electrons. The van der Waals surface area contributed by atoms with Crippen LogP contribution in [0.5, 0.6) is 0 Å². The molecule has 0 aliphatic heterocycles. The number of rotatable bonds is 5. The summed E-state index contributed by atoms with van der Waals surface area (Å²) in [6, 6.07) is 66.7. The Hall–Kier alpha value is -6.20. The molecule has 0 aliphatic carbocycles. The van der Waals surface area contributed by atoms with Gasteiger partial charge in [-0.25, -0.2) is 0 Å². The van der Waals surface area contributed by atoms with Crippen molar-refractivity contribution in [3.05, 3.63) is 182 Å². The van der Waals surface area contributed by atoms with Gasteiger partial charge in [-0.15, -0.1) is 22.7 Å². The number of aromatic nitrogens is 1. The molecule has 0 amide bonds. The first kappa shape index (κ1) is 29.5. The van der Waals surface area contributed by atoms with E-state index in [4.69, 9.17) is 0 Å². The topological polar surface area (TPSA) is 8.17 Å². The Balaban J connectivity index is 1.25. The van der Waals surface area contributed by atoms with Crippen LogP contribution in [0.3, 0.4) is 0 Å². The Bertz CT molecular complexity index is 3150. The molecule has 0 atom stereocenters. The number of hydrogen-bond donors (Lipinski definition) is 0. The molecule has 11 rings (SSSR count).